The first-order valence-corrected chi connectivity index (χ1v) is 5.19. The first kappa shape index (κ1) is 13.7. The van der Waals surface area contributed by atoms with Crippen LogP contribution in [0, 0.1) is 0 Å². The first-order valence-electron chi connectivity index (χ1n) is 4.39. The molecule has 0 fully saturated rings. The summed E-state index contributed by atoms with van der Waals surface area (Å²) in [5.41, 5.74) is 0.176. The van der Waals surface area contributed by atoms with E-state index in [9.17, 15) is 13.6 Å². The molecule has 7 heteroatoms. The summed E-state index contributed by atoms with van der Waals surface area (Å²) >= 11 is 2.04. The van der Waals surface area contributed by atoms with Gasteiger partial charge in [0.1, 0.15) is 0 Å². The van der Waals surface area contributed by atoms with Gasteiger partial charge in [-0.05, 0) is 18.2 Å². The quantitative estimate of drug-likeness (QED) is 0.633. The lowest BCUT2D eigenvalue weighted by molar-refractivity contribution is -0.0814. The predicted molar refractivity (Wildman–Crippen MR) is 58.8 cm³/mol. The Hall–Kier alpha value is -1.37. The zero-order valence-corrected chi connectivity index (χ0v) is 10.6. The van der Waals surface area contributed by atoms with Crippen LogP contribution in [0.3, 0.4) is 0 Å². The van der Waals surface area contributed by atoms with Gasteiger partial charge in [0.05, 0.1) is 19.8 Å². The van der Waals surface area contributed by atoms with Crippen LogP contribution in [0.15, 0.2) is 18.2 Å². The molecule has 94 valence electrons. The van der Waals surface area contributed by atoms with Gasteiger partial charge in [0.2, 0.25) is 0 Å². The second kappa shape index (κ2) is 5.31. The maximum atomic E-state index is 12.6. The van der Waals surface area contributed by atoms with Gasteiger partial charge >= 0.3 is 11.0 Å². The molecule has 0 amide bonds. The average Bonchev–Trinajstić information content (AvgIpc) is 2.26. The van der Waals surface area contributed by atoms with Gasteiger partial charge in [-0.25, -0.2) is 4.79 Å². The number of ether oxygens (including phenoxy) is 3. The summed E-state index contributed by atoms with van der Waals surface area (Å²) < 4.78 is 38.8. The summed E-state index contributed by atoms with van der Waals surface area (Å²) in [4.78, 5) is 11.2. The summed E-state index contributed by atoms with van der Waals surface area (Å²) in [7, 11) is 2.49. The van der Waals surface area contributed by atoms with Crippen molar-refractivity contribution < 1.29 is 27.8 Å². The molecule has 0 aromatic heterocycles. The molecule has 0 atom stereocenters. The smallest absolute Gasteiger partial charge is 0.459 e. The van der Waals surface area contributed by atoms with Crippen LogP contribution in [0.5, 0.6) is 11.5 Å². The van der Waals surface area contributed by atoms with Crippen molar-refractivity contribution >= 4 is 21.9 Å². The second-order valence-corrected chi connectivity index (χ2v) is 3.83. The summed E-state index contributed by atoms with van der Waals surface area (Å²) in [6.45, 7) is 0. The van der Waals surface area contributed by atoms with Crippen molar-refractivity contribution in [2.75, 3.05) is 14.2 Å². The Balaban J connectivity index is 3.05. The van der Waals surface area contributed by atoms with Gasteiger partial charge in [0.15, 0.2) is 11.5 Å². The van der Waals surface area contributed by atoms with Crippen molar-refractivity contribution in [2.45, 2.75) is 5.02 Å². The standard InChI is InChI=1S/C10H9BrF2O4/c1-15-8-5-6(9(14)16-2)3-4-7(8)17-10(11,12)13/h3-5H,1-2H3. The lowest BCUT2D eigenvalue weighted by Crippen LogP contribution is -2.15. The Kier molecular flexibility index (Phi) is 4.28. The lowest BCUT2D eigenvalue weighted by Gasteiger charge is -2.14. The van der Waals surface area contributed by atoms with Gasteiger partial charge in [-0.3, -0.25) is 0 Å². The van der Waals surface area contributed by atoms with Crippen LogP contribution in [0.1, 0.15) is 10.4 Å². The molecule has 0 aliphatic heterocycles. The van der Waals surface area contributed by atoms with E-state index >= 15 is 0 Å². The Labute approximate surface area is 105 Å². The highest BCUT2D eigenvalue weighted by Crippen LogP contribution is 2.34. The molecule has 1 aromatic carbocycles. The topological polar surface area (TPSA) is 44.8 Å². The number of halogens is 3. The molecular formula is C10H9BrF2O4. The van der Waals surface area contributed by atoms with E-state index in [4.69, 9.17) is 4.74 Å². The third-order valence-electron chi connectivity index (χ3n) is 1.81. The molecule has 0 bridgehead atoms. The van der Waals surface area contributed by atoms with E-state index in [-0.39, 0.29) is 17.1 Å². The van der Waals surface area contributed by atoms with Crippen molar-refractivity contribution in [3.63, 3.8) is 0 Å². The SMILES string of the molecule is COC(=O)c1ccc(OC(F)(F)Br)c(OC)c1. The molecule has 0 spiro atoms. The van der Waals surface area contributed by atoms with E-state index < -0.39 is 11.0 Å². The number of esters is 1. The molecule has 0 aliphatic rings. The molecule has 0 N–H and O–H groups in total. The molecule has 1 aromatic rings. The van der Waals surface area contributed by atoms with Gasteiger partial charge in [-0.15, -0.1) is 0 Å². The summed E-state index contributed by atoms with van der Waals surface area (Å²) in [6, 6.07) is 3.74. The zero-order chi connectivity index (χ0) is 13.1. The molecule has 0 radical (unpaired) electrons. The van der Waals surface area contributed by atoms with Crippen molar-refractivity contribution in [3.8, 4) is 11.5 Å². The van der Waals surface area contributed by atoms with Crippen LogP contribution in [0.2, 0.25) is 0 Å². The van der Waals surface area contributed by atoms with Crippen LogP contribution in [-0.4, -0.2) is 25.2 Å². The Morgan fingerprint density at radius 1 is 1.29 bits per heavy atom. The fourth-order valence-corrected chi connectivity index (χ4v) is 1.30. The third kappa shape index (κ3) is 3.85. The van der Waals surface area contributed by atoms with E-state index in [1.807, 2.05) is 15.9 Å². The number of hydrogen-bond donors (Lipinski definition) is 0. The number of methoxy groups -OCH3 is 2. The first-order chi connectivity index (χ1) is 7.87. The predicted octanol–water partition coefficient (Wildman–Crippen LogP) is 2.81. The van der Waals surface area contributed by atoms with Crippen LogP contribution < -0.4 is 9.47 Å². The van der Waals surface area contributed by atoms with Gasteiger partial charge in [0, 0.05) is 15.9 Å². The van der Waals surface area contributed by atoms with Gasteiger partial charge in [-0.2, -0.15) is 8.78 Å². The van der Waals surface area contributed by atoms with Gasteiger partial charge in [0.25, 0.3) is 0 Å². The van der Waals surface area contributed by atoms with Crippen LogP contribution in [-0.2, 0) is 4.74 Å². The van der Waals surface area contributed by atoms with E-state index in [0.717, 1.165) is 0 Å². The van der Waals surface area contributed by atoms with Crippen molar-refractivity contribution in [3.05, 3.63) is 23.8 Å². The molecule has 0 saturated carbocycles. The molecule has 0 unspecified atom stereocenters. The summed E-state index contributed by atoms with van der Waals surface area (Å²) in [5.74, 6) is -0.783. The average molecular weight is 311 g/mol. The second-order valence-electron chi connectivity index (χ2n) is 2.91. The maximum absolute atomic E-state index is 12.6. The number of hydrogen-bond acceptors (Lipinski definition) is 4. The molecule has 0 heterocycles. The maximum Gasteiger partial charge on any atom is 0.459 e. The molecule has 1 rings (SSSR count). The molecular weight excluding hydrogens is 302 g/mol. The largest absolute Gasteiger partial charge is 0.493 e. The minimum Gasteiger partial charge on any atom is -0.493 e. The number of carbonyl (C=O) groups excluding carboxylic acids is 1. The third-order valence-corrected chi connectivity index (χ3v) is 1.97. The number of rotatable bonds is 4. The summed E-state index contributed by atoms with van der Waals surface area (Å²) in [6.07, 6.45) is 0. The number of carbonyl (C=O) groups is 1. The van der Waals surface area contributed by atoms with E-state index in [1.165, 1.54) is 32.4 Å². The molecule has 0 aliphatic carbocycles. The van der Waals surface area contributed by atoms with Crippen molar-refractivity contribution in [1.29, 1.82) is 0 Å². The van der Waals surface area contributed by atoms with Crippen LogP contribution in [0.4, 0.5) is 8.78 Å². The minimum absolute atomic E-state index is 0.00650. The highest BCUT2D eigenvalue weighted by atomic mass is 79.9. The molecule has 17 heavy (non-hydrogen) atoms. The van der Waals surface area contributed by atoms with Crippen molar-refractivity contribution in [1.82, 2.24) is 0 Å². The van der Waals surface area contributed by atoms with E-state index in [2.05, 4.69) is 9.47 Å². The Bertz CT molecular complexity index is 417. The number of benzene rings is 1. The van der Waals surface area contributed by atoms with Crippen LogP contribution >= 0.6 is 15.9 Å². The Morgan fingerprint density at radius 3 is 2.41 bits per heavy atom. The van der Waals surface area contributed by atoms with E-state index in [0.29, 0.717) is 0 Å². The Morgan fingerprint density at radius 2 is 1.94 bits per heavy atom. The zero-order valence-electron chi connectivity index (χ0n) is 9.00. The fraction of sp³-hybridized carbons (Fsp3) is 0.300. The minimum atomic E-state index is -3.51. The summed E-state index contributed by atoms with van der Waals surface area (Å²) in [5, 5.41) is -3.51. The van der Waals surface area contributed by atoms with E-state index in [1.54, 1.807) is 0 Å². The van der Waals surface area contributed by atoms with Gasteiger partial charge < -0.3 is 14.2 Å². The normalized spacial score (nSPS) is 10.9. The lowest BCUT2D eigenvalue weighted by atomic mass is 10.2. The molecule has 0 saturated heterocycles. The fourth-order valence-electron chi connectivity index (χ4n) is 1.12. The van der Waals surface area contributed by atoms with Crippen LogP contribution in [0.25, 0.3) is 0 Å². The van der Waals surface area contributed by atoms with Gasteiger partial charge in [-0.1, -0.05) is 0 Å². The monoisotopic (exact) mass is 310 g/mol. The number of alkyl halides is 3. The highest BCUT2D eigenvalue weighted by molar-refractivity contribution is 9.09. The highest BCUT2D eigenvalue weighted by Gasteiger charge is 2.28. The molecule has 4 nitrogen and oxygen atoms in total. The van der Waals surface area contributed by atoms with Crippen molar-refractivity contribution in [2.24, 2.45) is 0 Å².